The maximum Gasteiger partial charge on any atom is 0.264 e. The molecule has 1 saturated heterocycles. The maximum absolute atomic E-state index is 12.9. The fourth-order valence-corrected chi connectivity index (χ4v) is 3.87. The highest BCUT2D eigenvalue weighted by Crippen LogP contribution is 2.30. The van der Waals surface area contributed by atoms with E-state index in [0.29, 0.717) is 27.9 Å². The molecule has 1 aliphatic heterocycles. The Morgan fingerprint density at radius 1 is 1.21 bits per heavy atom. The SMILES string of the molecule is CC(=O)c1ccc(C(=O)N2CCNCC2c2ccccc2Cl)s1.Cl. The van der Waals surface area contributed by atoms with Gasteiger partial charge in [0, 0.05) is 24.7 Å². The van der Waals surface area contributed by atoms with Crippen LogP contribution in [0, 0.1) is 0 Å². The number of piperazine rings is 1. The van der Waals surface area contributed by atoms with Crippen LogP contribution >= 0.6 is 35.3 Å². The van der Waals surface area contributed by atoms with E-state index in [-0.39, 0.29) is 30.1 Å². The van der Waals surface area contributed by atoms with Crippen molar-refractivity contribution in [2.45, 2.75) is 13.0 Å². The monoisotopic (exact) mass is 384 g/mol. The Labute approximate surface area is 156 Å². The molecule has 1 amide bonds. The van der Waals surface area contributed by atoms with E-state index < -0.39 is 0 Å². The van der Waals surface area contributed by atoms with Crippen molar-refractivity contribution in [2.75, 3.05) is 19.6 Å². The van der Waals surface area contributed by atoms with Gasteiger partial charge in [-0.3, -0.25) is 9.59 Å². The zero-order valence-corrected chi connectivity index (χ0v) is 15.5. The number of Topliss-reactive ketones (excluding diaryl/α,β-unsaturated/α-hetero) is 1. The van der Waals surface area contributed by atoms with Gasteiger partial charge in [0.25, 0.3) is 5.91 Å². The molecule has 7 heteroatoms. The molecule has 128 valence electrons. The highest BCUT2D eigenvalue weighted by Gasteiger charge is 2.30. The second-order valence-electron chi connectivity index (χ2n) is 5.46. The first-order valence-corrected chi connectivity index (χ1v) is 8.64. The predicted molar refractivity (Wildman–Crippen MR) is 99.7 cm³/mol. The number of amides is 1. The summed E-state index contributed by atoms with van der Waals surface area (Å²) in [5.41, 5.74) is 0.943. The highest BCUT2D eigenvalue weighted by molar-refractivity contribution is 7.15. The minimum absolute atomic E-state index is 0. The number of carbonyl (C=O) groups excluding carboxylic acids is 2. The minimum Gasteiger partial charge on any atom is -0.328 e. The van der Waals surface area contributed by atoms with Crippen molar-refractivity contribution in [1.82, 2.24) is 10.2 Å². The van der Waals surface area contributed by atoms with Gasteiger partial charge in [0.15, 0.2) is 5.78 Å². The molecule has 1 aliphatic rings. The molecule has 1 fully saturated rings. The summed E-state index contributed by atoms with van der Waals surface area (Å²) in [4.78, 5) is 27.4. The zero-order chi connectivity index (χ0) is 16.4. The third kappa shape index (κ3) is 3.81. The molecule has 4 nitrogen and oxygen atoms in total. The summed E-state index contributed by atoms with van der Waals surface area (Å²) in [6.45, 7) is 3.54. The fraction of sp³-hybridized carbons (Fsp3) is 0.294. The van der Waals surface area contributed by atoms with E-state index >= 15 is 0 Å². The summed E-state index contributed by atoms with van der Waals surface area (Å²) in [6, 6.07) is 10.9. The van der Waals surface area contributed by atoms with Gasteiger partial charge in [-0.25, -0.2) is 0 Å². The average molecular weight is 385 g/mol. The second-order valence-corrected chi connectivity index (χ2v) is 6.95. The van der Waals surface area contributed by atoms with Crippen LogP contribution in [0.2, 0.25) is 5.02 Å². The van der Waals surface area contributed by atoms with Crippen molar-refractivity contribution in [3.63, 3.8) is 0 Å². The lowest BCUT2D eigenvalue weighted by atomic mass is 10.0. The Morgan fingerprint density at radius 3 is 2.58 bits per heavy atom. The Hall–Kier alpha value is -1.40. The van der Waals surface area contributed by atoms with E-state index in [0.717, 1.165) is 12.1 Å². The van der Waals surface area contributed by atoms with Crippen LogP contribution in [0.4, 0.5) is 0 Å². The Kier molecular flexibility index (Phi) is 6.40. The lowest BCUT2D eigenvalue weighted by Gasteiger charge is -2.36. The van der Waals surface area contributed by atoms with Gasteiger partial charge in [0.2, 0.25) is 0 Å². The van der Waals surface area contributed by atoms with Crippen molar-refractivity contribution in [2.24, 2.45) is 0 Å². The van der Waals surface area contributed by atoms with Crippen LogP contribution in [-0.2, 0) is 0 Å². The van der Waals surface area contributed by atoms with Crippen molar-refractivity contribution in [3.8, 4) is 0 Å². The Bertz CT molecular complexity index is 748. The molecular weight excluding hydrogens is 367 g/mol. The number of nitrogens with zero attached hydrogens (tertiary/aromatic N) is 1. The lowest BCUT2D eigenvalue weighted by molar-refractivity contribution is 0.0639. The van der Waals surface area contributed by atoms with Crippen molar-refractivity contribution in [3.05, 3.63) is 56.7 Å². The van der Waals surface area contributed by atoms with Gasteiger partial charge in [-0.1, -0.05) is 29.8 Å². The van der Waals surface area contributed by atoms with Crippen LogP contribution in [0.15, 0.2) is 36.4 Å². The number of rotatable bonds is 3. The smallest absolute Gasteiger partial charge is 0.264 e. The van der Waals surface area contributed by atoms with E-state index in [1.807, 2.05) is 29.2 Å². The zero-order valence-electron chi connectivity index (χ0n) is 13.1. The van der Waals surface area contributed by atoms with Gasteiger partial charge in [-0.2, -0.15) is 0 Å². The van der Waals surface area contributed by atoms with Crippen LogP contribution < -0.4 is 5.32 Å². The summed E-state index contributed by atoms with van der Waals surface area (Å²) in [6.07, 6.45) is 0. The van der Waals surface area contributed by atoms with E-state index in [2.05, 4.69) is 5.32 Å². The van der Waals surface area contributed by atoms with Gasteiger partial charge in [-0.15, -0.1) is 23.7 Å². The van der Waals surface area contributed by atoms with Gasteiger partial charge >= 0.3 is 0 Å². The molecule has 24 heavy (non-hydrogen) atoms. The van der Waals surface area contributed by atoms with Gasteiger partial charge in [0.1, 0.15) is 0 Å². The van der Waals surface area contributed by atoms with Crippen LogP contribution in [0.25, 0.3) is 0 Å². The molecule has 3 rings (SSSR count). The van der Waals surface area contributed by atoms with Crippen LogP contribution in [0.1, 0.15) is 37.9 Å². The number of hydrogen-bond donors (Lipinski definition) is 1. The maximum atomic E-state index is 12.9. The number of carbonyl (C=O) groups is 2. The largest absolute Gasteiger partial charge is 0.328 e. The van der Waals surface area contributed by atoms with E-state index in [1.165, 1.54) is 18.3 Å². The first kappa shape index (κ1) is 18.9. The topological polar surface area (TPSA) is 49.4 Å². The van der Waals surface area contributed by atoms with Crippen molar-refractivity contribution >= 4 is 47.0 Å². The molecule has 2 aromatic rings. The predicted octanol–water partition coefficient (Wildman–Crippen LogP) is 3.81. The molecule has 1 aromatic heterocycles. The number of nitrogens with one attached hydrogen (secondary N) is 1. The molecule has 1 aromatic carbocycles. The molecule has 1 unspecified atom stereocenters. The summed E-state index contributed by atoms with van der Waals surface area (Å²) < 4.78 is 0. The molecule has 0 aliphatic carbocycles. The molecule has 0 radical (unpaired) electrons. The first-order chi connectivity index (χ1) is 11.1. The Balaban J connectivity index is 0.00000208. The number of thiophene rings is 1. The quantitative estimate of drug-likeness (QED) is 0.818. The van der Waals surface area contributed by atoms with E-state index in [4.69, 9.17) is 11.6 Å². The Morgan fingerprint density at radius 2 is 1.92 bits per heavy atom. The highest BCUT2D eigenvalue weighted by atomic mass is 35.5. The number of benzene rings is 1. The molecular formula is C17H18Cl2N2O2S. The van der Waals surface area contributed by atoms with Crippen LogP contribution in [0.3, 0.4) is 0 Å². The summed E-state index contributed by atoms with van der Waals surface area (Å²) >= 11 is 7.56. The lowest BCUT2D eigenvalue weighted by Crippen LogP contribution is -2.48. The minimum atomic E-state index is -0.104. The van der Waals surface area contributed by atoms with Crippen molar-refractivity contribution in [1.29, 1.82) is 0 Å². The van der Waals surface area contributed by atoms with E-state index in [1.54, 1.807) is 12.1 Å². The van der Waals surface area contributed by atoms with Gasteiger partial charge in [0.05, 0.1) is 15.8 Å². The normalized spacial score (nSPS) is 17.2. The van der Waals surface area contributed by atoms with Crippen LogP contribution in [-0.4, -0.2) is 36.2 Å². The van der Waals surface area contributed by atoms with Gasteiger partial charge < -0.3 is 10.2 Å². The third-order valence-corrected chi connectivity index (χ3v) is 5.45. The fourth-order valence-electron chi connectivity index (χ4n) is 2.75. The number of hydrogen-bond acceptors (Lipinski definition) is 4. The molecule has 1 N–H and O–H groups in total. The number of halogens is 2. The molecule has 0 spiro atoms. The molecule has 1 atom stereocenters. The number of ketones is 1. The average Bonchev–Trinajstić information content (AvgIpc) is 3.05. The summed E-state index contributed by atoms with van der Waals surface area (Å²) in [7, 11) is 0. The summed E-state index contributed by atoms with van der Waals surface area (Å²) in [5, 5.41) is 3.98. The standard InChI is InChI=1S/C17H17ClN2O2S.ClH/c1-11(21)15-6-7-16(23-15)17(22)20-9-8-19-10-14(20)12-4-2-3-5-13(12)18;/h2-7,14,19H,8-10H2,1H3;1H. The first-order valence-electron chi connectivity index (χ1n) is 7.45. The van der Waals surface area contributed by atoms with E-state index in [9.17, 15) is 9.59 Å². The van der Waals surface area contributed by atoms with Gasteiger partial charge in [-0.05, 0) is 30.7 Å². The summed E-state index contributed by atoms with van der Waals surface area (Å²) in [5.74, 6) is -0.0639. The van der Waals surface area contributed by atoms with Crippen molar-refractivity contribution < 1.29 is 9.59 Å². The molecule has 2 heterocycles. The molecule has 0 saturated carbocycles. The van der Waals surface area contributed by atoms with Crippen LogP contribution in [0.5, 0.6) is 0 Å². The third-order valence-electron chi connectivity index (χ3n) is 3.93. The molecule has 0 bridgehead atoms. The second kappa shape index (κ2) is 8.12.